The maximum Gasteiger partial charge on any atom is 0.228 e. The van der Waals surface area contributed by atoms with E-state index >= 15 is 0 Å². The van der Waals surface area contributed by atoms with Crippen molar-refractivity contribution >= 4 is 5.91 Å². The zero-order valence-electron chi connectivity index (χ0n) is 7.88. The van der Waals surface area contributed by atoms with E-state index in [4.69, 9.17) is 0 Å². The SMILES string of the molecule is C=C1CCCN(C(=O)C2CNC2)C1. The van der Waals surface area contributed by atoms with E-state index in [0.717, 1.165) is 39.0 Å². The molecule has 2 heterocycles. The predicted octanol–water partition coefficient (Wildman–Crippen LogP) is 0.384. The van der Waals surface area contributed by atoms with Crippen molar-refractivity contribution in [2.45, 2.75) is 12.8 Å². The summed E-state index contributed by atoms with van der Waals surface area (Å²) in [6, 6.07) is 0. The van der Waals surface area contributed by atoms with Crippen LogP contribution in [0.15, 0.2) is 12.2 Å². The highest BCUT2D eigenvalue weighted by atomic mass is 16.2. The molecule has 0 atom stereocenters. The topological polar surface area (TPSA) is 32.3 Å². The molecule has 0 unspecified atom stereocenters. The Kier molecular flexibility index (Phi) is 2.36. The lowest BCUT2D eigenvalue weighted by molar-refractivity contribution is -0.137. The van der Waals surface area contributed by atoms with Gasteiger partial charge in [0.1, 0.15) is 0 Å². The number of piperidine rings is 1. The molecule has 72 valence electrons. The Labute approximate surface area is 78.8 Å². The Morgan fingerprint density at radius 2 is 2.31 bits per heavy atom. The summed E-state index contributed by atoms with van der Waals surface area (Å²) >= 11 is 0. The minimum Gasteiger partial charge on any atom is -0.338 e. The molecule has 2 saturated heterocycles. The van der Waals surface area contributed by atoms with Crippen molar-refractivity contribution in [2.24, 2.45) is 5.92 Å². The standard InChI is InChI=1S/C10H16N2O/c1-8-3-2-4-12(7-8)10(13)9-5-11-6-9/h9,11H,1-7H2. The van der Waals surface area contributed by atoms with E-state index in [-0.39, 0.29) is 5.92 Å². The van der Waals surface area contributed by atoms with Crippen LogP contribution in [0.3, 0.4) is 0 Å². The number of nitrogens with zero attached hydrogens (tertiary/aromatic N) is 1. The number of carbonyl (C=O) groups excluding carboxylic acids is 1. The molecular weight excluding hydrogens is 164 g/mol. The summed E-state index contributed by atoms with van der Waals surface area (Å²) in [6.07, 6.45) is 2.18. The van der Waals surface area contributed by atoms with Crippen LogP contribution in [-0.2, 0) is 4.79 Å². The van der Waals surface area contributed by atoms with E-state index in [2.05, 4.69) is 11.9 Å². The van der Waals surface area contributed by atoms with Gasteiger partial charge in [-0.1, -0.05) is 12.2 Å². The first-order chi connectivity index (χ1) is 6.27. The minimum atomic E-state index is 0.242. The molecule has 0 bridgehead atoms. The molecule has 0 aromatic carbocycles. The monoisotopic (exact) mass is 180 g/mol. The number of nitrogens with one attached hydrogen (secondary N) is 1. The van der Waals surface area contributed by atoms with E-state index in [0.29, 0.717) is 5.91 Å². The van der Waals surface area contributed by atoms with Crippen molar-refractivity contribution in [2.75, 3.05) is 26.2 Å². The van der Waals surface area contributed by atoms with Crippen LogP contribution in [0.4, 0.5) is 0 Å². The van der Waals surface area contributed by atoms with Crippen LogP contribution in [0, 0.1) is 5.92 Å². The van der Waals surface area contributed by atoms with Crippen molar-refractivity contribution in [1.82, 2.24) is 10.2 Å². The second-order valence-electron chi connectivity index (χ2n) is 3.97. The highest BCUT2D eigenvalue weighted by Gasteiger charge is 2.30. The molecule has 2 rings (SSSR count). The Bertz CT molecular complexity index is 233. The molecule has 0 aromatic heterocycles. The third-order valence-corrected chi connectivity index (χ3v) is 2.82. The van der Waals surface area contributed by atoms with Gasteiger partial charge < -0.3 is 10.2 Å². The van der Waals surface area contributed by atoms with E-state index < -0.39 is 0 Å². The molecule has 2 fully saturated rings. The first-order valence-corrected chi connectivity index (χ1v) is 4.93. The molecule has 3 nitrogen and oxygen atoms in total. The van der Waals surface area contributed by atoms with Crippen molar-refractivity contribution < 1.29 is 4.79 Å². The number of hydrogen-bond donors (Lipinski definition) is 1. The molecule has 1 N–H and O–H groups in total. The highest BCUT2D eigenvalue weighted by Crippen LogP contribution is 2.17. The van der Waals surface area contributed by atoms with E-state index in [1.165, 1.54) is 5.57 Å². The quantitative estimate of drug-likeness (QED) is 0.592. The summed E-state index contributed by atoms with van der Waals surface area (Å²) in [7, 11) is 0. The van der Waals surface area contributed by atoms with Crippen molar-refractivity contribution in [3.8, 4) is 0 Å². The van der Waals surface area contributed by atoms with Gasteiger partial charge in [0.25, 0.3) is 0 Å². The average molecular weight is 180 g/mol. The molecule has 0 aromatic rings. The molecule has 3 heteroatoms. The van der Waals surface area contributed by atoms with E-state index in [1.807, 2.05) is 4.90 Å². The van der Waals surface area contributed by atoms with E-state index in [1.54, 1.807) is 0 Å². The third kappa shape index (κ3) is 1.75. The number of amides is 1. The number of hydrogen-bond acceptors (Lipinski definition) is 2. The van der Waals surface area contributed by atoms with Crippen molar-refractivity contribution in [1.29, 1.82) is 0 Å². The Morgan fingerprint density at radius 1 is 1.54 bits per heavy atom. The van der Waals surface area contributed by atoms with Gasteiger partial charge in [0, 0.05) is 26.2 Å². The second kappa shape index (κ2) is 3.50. The van der Waals surface area contributed by atoms with Gasteiger partial charge in [-0.25, -0.2) is 0 Å². The molecule has 0 saturated carbocycles. The molecule has 2 aliphatic heterocycles. The average Bonchev–Trinajstić information content (AvgIpc) is 2.01. The summed E-state index contributed by atoms with van der Waals surface area (Å²) < 4.78 is 0. The van der Waals surface area contributed by atoms with Crippen LogP contribution in [0.1, 0.15) is 12.8 Å². The Morgan fingerprint density at radius 3 is 2.85 bits per heavy atom. The van der Waals surface area contributed by atoms with Crippen LogP contribution >= 0.6 is 0 Å². The summed E-state index contributed by atoms with van der Waals surface area (Å²) in [4.78, 5) is 13.7. The van der Waals surface area contributed by atoms with Crippen LogP contribution in [0.25, 0.3) is 0 Å². The van der Waals surface area contributed by atoms with Gasteiger partial charge >= 0.3 is 0 Å². The maximum atomic E-state index is 11.8. The first-order valence-electron chi connectivity index (χ1n) is 4.93. The minimum absolute atomic E-state index is 0.242. The highest BCUT2D eigenvalue weighted by molar-refractivity contribution is 5.80. The summed E-state index contributed by atoms with van der Waals surface area (Å²) in [5.74, 6) is 0.561. The van der Waals surface area contributed by atoms with Gasteiger partial charge in [0.2, 0.25) is 5.91 Å². The molecule has 0 aliphatic carbocycles. The number of rotatable bonds is 1. The summed E-state index contributed by atoms with van der Waals surface area (Å²) in [5, 5.41) is 3.12. The maximum absolute atomic E-state index is 11.8. The molecule has 0 radical (unpaired) electrons. The number of carbonyl (C=O) groups is 1. The lowest BCUT2D eigenvalue weighted by atomic mass is 9.99. The predicted molar refractivity (Wildman–Crippen MR) is 51.3 cm³/mol. The Hall–Kier alpha value is -0.830. The van der Waals surface area contributed by atoms with Gasteiger partial charge in [-0.2, -0.15) is 0 Å². The van der Waals surface area contributed by atoms with Crippen molar-refractivity contribution in [3.63, 3.8) is 0 Å². The van der Waals surface area contributed by atoms with Gasteiger partial charge in [-0.15, -0.1) is 0 Å². The lowest BCUT2D eigenvalue weighted by Gasteiger charge is -2.35. The lowest BCUT2D eigenvalue weighted by Crippen LogP contribution is -2.53. The molecule has 2 aliphatic rings. The van der Waals surface area contributed by atoms with Crippen LogP contribution in [0.5, 0.6) is 0 Å². The van der Waals surface area contributed by atoms with Crippen molar-refractivity contribution in [3.05, 3.63) is 12.2 Å². The zero-order chi connectivity index (χ0) is 9.26. The summed E-state index contributed by atoms with van der Waals surface area (Å²) in [5.41, 5.74) is 1.20. The fourth-order valence-corrected chi connectivity index (χ4v) is 1.86. The van der Waals surface area contributed by atoms with Crippen LogP contribution in [-0.4, -0.2) is 37.0 Å². The molecular formula is C10H16N2O. The Balaban J connectivity index is 1.91. The smallest absolute Gasteiger partial charge is 0.228 e. The normalized spacial score (nSPS) is 24.3. The van der Waals surface area contributed by atoms with Crippen LogP contribution in [0.2, 0.25) is 0 Å². The largest absolute Gasteiger partial charge is 0.338 e. The van der Waals surface area contributed by atoms with Gasteiger partial charge in [-0.05, 0) is 12.8 Å². The second-order valence-corrected chi connectivity index (χ2v) is 3.97. The van der Waals surface area contributed by atoms with Crippen LogP contribution < -0.4 is 5.32 Å². The molecule has 13 heavy (non-hydrogen) atoms. The molecule has 1 amide bonds. The third-order valence-electron chi connectivity index (χ3n) is 2.82. The van der Waals surface area contributed by atoms with Gasteiger partial charge in [-0.3, -0.25) is 4.79 Å². The molecule has 0 spiro atoms. The number of likely N-dealkylation sites (tertiary alicyclic amines) is 1. The summed E-state index contributed by atoms with van der Waals surface area (Å²) in [6.45, 7) is 7.38. The zero-order valence-corrected chi connectivity index (χ0v) is 7.88. The fraction of sp³-hybridized carbons (Fsp3) is 0.700. The van der Waals surface area contributed by atoms with E-state index in [9.17, 15) is 4.79 Å². The van der Waals surface area contributed by atoms with Gasteiger partial charge in [0.05, 0.1) is 5.92 Å². The fourth-order valence-electron chi connectivity index (χ4n) is 1.86. The first kappa shape index (κ1) is 8.75. The van der Waals surface area contributed by atoms with Gasteiger partial charge in [0.15, 0.2) is 0 Å².